The maximum atomic E-state index is 4.49. The van der Waals surface area contributed by atoms with Gasteiger partial charge in [-0.2, -0.15) is 0 Å². The van der Waals surface area contributed by atoms with Crippen LogP contribution < -0.4 is 0 Å². The normalized spacial score (nSPS) is 22.2. The Hall–Kier alpha value is -2.20. The van der Waals surface area contributed by atoms with Gasteiger partial charge in [0.25, 0.3) is 0 Å². The van der Waals surface area contributed by atoms with Gasteiger partial charge < -0.3 is 0 Å². The van der Waals surface area contributed by atoms with Crippen LogP contribution in [-0.4, -0.2) is 32.6 Å². The lowest BCUT2D eigenvalue weighted by Crippen LogP contribution is -2.38. The molecule has 1 aromatic carbocycles. The topological polar surface area (TPSA) is 33.4 Å². The van der Waals surface area contributed by atoms with Crippen molar-refractivity contribution in [3.05, 3.63) is 65.6 Å². The third-order valence-electron chi connectivity index (χ3n) is 6.01. The Morgan fingerprint density at radius 1 is 0.880 bits per heavy atom. The number of hydrogen-bond donors (Lipinski definition) is 0. The van der Waals surface area contributed by atoms with E-state index in [-0.39, 0.29) is 0 Å². The fourth-order valence-corrected chi connectivity index (χ4v) is 4.72. The number of benzene rings is 1. The molecule has 4 heteroatoms. The highest BCUT2D eigenvalue weighted by molar-refractivity contribution is 5.38. The Labute approximate surface area is 148 Å². The number of pyridine rings is 1. The van der Waals surface area contributed by atoms with Crippen LogP contribution in [0.2, 0.25) is 0 Å². The van der Waals surface area contributed by atoms with E-state index in [4.69, 9.17) is 0 Å². The van der Waals surface area contributed by atoms with Gasteiger partial charge in [-0.15, -0.1) is 10.2 Å². The van der Waals surface area contributed by atoms with Crippen molar-refractivity contribution in [3.63, 3.8) is 0 Å². The van der Waals surface area contributed by atoms with Crippen molar-refractivity contribution in [1.29, 1.82) is 0 Å². The van der Waals surface area contributed by atoms with Crippen molar-refractivity contribution in [2.75, 3.05) is 13.1 Å². The lowest BCUT2D eigenvalue weighted by Gasteiger charge is -2.40. The second kappa shape index (κ2) is 6.26. The van der Waals surface area contributed by atoms with E-state index >= 15 is 0 Å². The molecule has 25 heavy (non-hydrogen) atoms. The van der Waals surface area contributed by atoms with E-state index in [0.717, 1.165) is 24.6 Å². The lowest BCUT2D eigenvalue weighted by molar-refractivity contribution is 0.136. The molecule has 0 spiro atoms. The monoisotopic (exact) mass is 332 g/mol. The Kier molecular flexibility index (Phi) is 3.78. The quantitative estimate of drug-likeness (QED) is 0.711. The first-order chi connectivity index (χ1) is 12.4. The molecule has 2 aromatic heterocycles. The summed E-state index contributed by atoms with van der Waals surface area (Å²) in [6.45, 7) is 2.32. The molecule has 2 aliphatic rings. The summed E-state index contributed by atoms with van der Waals surface area (Å²) in [5.74, 6) is 1.66. The van der Waals surface area contributed by atoms with Gasteiger partial charge >= 0.3 is 0 Å². The Morgan fingerprint density at radius 3 is 2.64 bits per heavy atom. The average molecular weight is 332 g/mol. The van der Waals surface area contributed by atoms with Gasteiger partial charge in [-0.25, -0.2) is 0 Å². The number of piperidine rings is 1. The van der Waals surface area contributed by atoms with Gasteiger partial charge in [-0.3, -0.25) is 9.30 Å². The summed E-state index contributed by atoms with van der Waals surface area (Å²) in [7, 11) is 0. The van der Waals surface area contributed by atoms with Crippen molar-refractivity contribution in [3.8, 4) is 0 Å². The van der Waals surface area contributed by atoms with Crippen molar-refractivity contribution in [1.82, 2.24) is 19.5 Å². The molecule has 1 aliphatic heterocycles. The molecule has 0 bridgehead atoms. The highest BCUT2D eigenvalue weighted by Crippen LogP contribution is 2.37. The molecule has 0 amide bonds. The van der Waals surface area contributed by atoms with Crippen molar-refractivity contribution >= 4 is 5.65 Å². The molecule has 0 saturated carbocycles. The first kappa shape index (κ1) is 15.1. The molecule has 3 heterocycles. The number of rotatable bonds is 2. The van der Waals surface area contributed by atoms with Crippen LogP contribution in [0, 0.1) is 0 Å². The molecule has 1 atom stereocenters. The van der Waals surface area contributed by atoms with Gasteiger partial charge in [0.2, 0.25) is 0 Å². The van der Waals surface area contributed by atoms with Crippen LogP contribution in [0.25, 0.3) is 5.65 Å². The fourth-order valence-electron chi connectivity index (χ4n) is 4.72. The van der Waals surface area contributed by atoms with Crippen LogP contribution in [0.4, 0.5) is 0 Å². The molecule has 0 N–H and O–H groups in total. The van der Waals surface area contributed by atoms with Gasteiger partial charge in [-0.05, 0) is 68.5 Å². The second-order valence-corrected chi connectivity index (χ2v) is 7.40. The van der Waals surface area contributed by atoms with Crippen LogP contribution in [0.5, 0.6) is 0 Å². The molecule has 0 unspecified atom stereocenters. The molecule has 4 nitrogen and oxygen atoms in total. The van der Waals surface area contributed by atoms with Gasteiger partial charge in [-0.1, -0.05) is 30.3 Å². The smallest absolute Gasteiger partial charge is 0.160 e. The predicted molar refractivity (Wildman–Crippen MR) is 98.7 cm³/mol. The van der Waals surface area contributed by atoms with Gasteiger partial charge in [0.1, 0.15) is 5.82 Å². The van der Waals surface area contributed by atoms with Crippen LogP contribution in [0.15, 0.2) is 48.7 Å². The van der Waals surface area contributed by atoms with Crippen LogP contribution in [0.3, 0.4) is 0 Å². The summed E-state index contributed by atoms with van der Waals surface area (Å²) in [5.41, 5.74) is 4.09. The third-order valence-corrected chi connectivity index (χ3v) is 6.01. The summed E-state index contributed by atoms with van der Waals surface area (Å²) >= 11 is 0. The van der Waals surface area contributed by atoms with Crippen molar-refractivity contribution in [2.45, 2.75) is 44.1 Å². The zero-order valence-electron chi connectivity index (χ0n) is 14.5. The van der Waals surface area contributed by atoms with E-state index in [0.29, 0.717) is 12.0 Å². The number of likely N-dealkylation sites (tertiary alicyclic amines) is 1. The minimum Gasteiger partial charge on any atom is -0.296 e. The van der Waals surface area contributed by atoms with E-state index in [1.807, 2.05) is 12.1 Å². The Balaban J connectivity index is 1.34. The van der Waals surface area contributed by atoms with Gasteiger partial charge in [0.15, 0.2) is 5.65 Å². The fraction of sp³-hybridized carbons (Fsp3) is 0.429. The highest BCUT2D eigenvalue weighted by atomic mass is 15.3. The first-order valence-electron chi connectivity index (χ1n) is 9.51. The molecule has 1 fully saturated rings. The zero-order chi connectivity index (χ0) is 16.6. The van der Waals surface area contributed by atoms with Gasteiger partial charge in [0, 0.05) is 18.2 Å². The molecule has 1 aliphatic carbocycles. The molecule has 1 saturated heterocycles. The van der Waals surface area contributed by atoms with E-state index in [9.17, 15) is 0 Å². The number of fused-ring (bicyclic) bond motifs is 2. The summed E-state index contributed by atoms with van der Waals surface area (Å²) in [4.78, 5) is 2.71. The van der Waals surface area contributed by atoms with Gasteiger partial charge in [0.05, 0.1) is 0 Å². The number of aryl methyl sites for hydroxylation is 1. The van der Waals surface area contributed by atoms with E-state index < -0.39 is 0 Å². The minimum atomic E-state index is 0.521. The predicted octanol–water partition coefficient (Wildman–Crippen LogP) is 3.99. The molecule has 128 valence electrons. The zero-order valence-corrected chi connectivity index (χ0v) is 14.5. The first-order valence-corrected chi connectivity index (χ1v) is 9.51. The largest absolute Gasteiger partial charge is 0.296 e. The second-order valence-electron chi connectivity index (χ2n) is 7.40. The summed E-state index contributed by atoms with van der Waals surface area (Å²) in [6.07, 6.45) is 8.30. The molecule has 0 radical (unpaired) electrons. The van der Waals surface area contributed by atoms with Crippen LogP contribution in [0.1, 0.15) is 54.6 Å². The standard InChI is InChI=1S/C21H24N4/c1-2-8-18-16(6-1)7-5-9-19(18)24-14-11-17(12-15-24)21-23-22-20-10-3-4-13-25(20)21/h1-4,6,8,10,13,17,19H,5,7,9,11-12,14-15H2/t19-/m0/s1. The van der Waals surface area contributed by atoms with E-state index in [2.05, 4.69) is 56.0 Å². The third kappa shape index (κ3) is 2.65. The molecule has 3 aromatic rings. The van der Waals surface area contributed by atoms with Crippen LogP contribution >= 0.6 is 0 Å². The Bertz CT molecular complexity index is 876. The Morgan fingerprint density at radius 2 is 1.72 bits per heavy atom. The number of hydrogen-bond acceptors (Lipinski definition) is 3. The minimum absolute atomic E-state index is 0.521. The highest BCUT2D eigenvalue weighted by Gasteiger charge is 2.31. The SMILES string of the molecule is c1ccc2c(c1)CCC[C@@H]2N1CCC(c2nnc3ccccn23)CC1. The summed E-state index contributed by atoms with van der Waals surface area (Å²) in [6, 6.07) is 15.8. The lowest BCUT2D eigenvalue weighted by atomic mass is 9.85. The average Bonchev–Trinajstić information content (AvgIpc) is 3.12. The number of nitrogens with zero attached hydrogens (tertiary/aromatic N) is 4. The van der Waals surface area contributed by atoms with Crippen LogP contribution in [-0.2, 0) is 6.42 Å². The molecule has 5 rings (SSSR count). The van der Waals surface area contributed by atoms with Crippen molar-refractivity contribution < 1.29 is 0 Å². The molecular formula is C21H24N4. The summed E-state index contributed by atoms with van der Waals surface area (Å²) in [5, 5.41) is 8.82. The van der Waals surface area contributed by atoms with E-state index in [1.165, 1.54) is 32.1 Å². The summed E-state index contributed by atoms with van der Waals surface area (Å²) < 4.78 is 2.16. The number of aromatic nitrogens is 3. The molecular weight excluding hydrogens is 308 g/mol. The van der Waals surface area contributed by atoms with E-state index in [1.54, 1.807) is 11.1 Å². The van der Waals surface area contributed by atoms with Crippen molar-refractivity contribution in [2.24, 2.45) is 0 Å². The maximum Gasteiger partial charge on any atom is 0.160 e. The maximum absolute atomic E-state index is 4.49.